The van der Waals surface area contributed by atoms with Gasteiger partial charge in [-0.1, -0.05) is 18.3 Å². The molecule has 0 saturated carbocycles. The molecule has 2 aromatic heterocycles. The highest BCUT2D eigenvalue weighted by Crippen LogP contribution is 2.30. The molecule has 0 saturated heterocycles. The van der Waals surface area contributed by atoms with Gasteiger partial charge in [0.1, 0.15) is 10.7 Å². The van der Waals surface area contributed by atoms with E-state index in [0.29, 0.717) is 0 Å². The van der Waals surface area contributed by atoms with Gasteiger partial charge in [-0.2, -0.15) is 13.2 Å². The average Bonchev–Trinajstić information content (AvgIpc) is 2.56. The number of thiocarbonyl (C=S) groups is 1. The first kappa shape index (κ1) is 10.9. The topological polar surface area (TPSA) is 43.3 Å². The largest absolute Gasteiger partial charge is 0.450 e. The zero-order chi connectivity index (χ0) is 11.9. The molecule has 0 aliphatic heterocycles. The van der Waals surface area contributed by atoms with Gasteiger partial charge in [0.15, 0.2) is 0 Å². The summed E-state index contributed by atoms with van der Waals surface area (Å²) in [5, 5.41) is 0. The van der Waals surface area contributed by atoms with E-state index in [1.165, 1.54) is 18.3 Å². The Labute approximate surface area is 93.7 Å². The molecule has 2 rings (SSSR count). The third-order valence-electron chi connectivity index (χ3n) is 2.04. The van der Waals surface area contributed by atoms with E-state index in [4.69, 9.17) is 5.73 Å². The highest BCUT2D eigenvalue weighted by molar-refractivity contribution is 7.80. The quantitative estimate of drug-likeness (QED) is 0.781. The van der Waals surface area contributed by atoms with Gasteiger partial charge in [-0.3, -0.25) is 4.40 Å². The van der Waals surface area contributed by atoms with E-state index in [9.17, 15) is 13.2 Å². The van der Waals surface area contributed by atoms with Crippen molar-refractivity contribution < 1.29 is 13.2 Å². The van der Waals surface area contributed by atoms with Crippen LogP contribution in [0.5, 0.6) is 0 Å². The monoisotopic (exact) mass is 245 g/mol. The Balaban J connectivity index is 2.82. The maximum Gasteiger partial charge on any atom is 0.450 e. The molecular formula is C9H6F3N3S. The molecule has 0 bridgehead atoms. The summed E-state index contributed by atoms with van der Waals surface area (Å²) in [7, 11) is 0. The summed E-state index contributed by atoms with van der Waals surface area (Å²) >= 11 is 4.66. The van der Waals surface area contributed by atoms with Gasteiger partial charge in [0.05, 0.1) is 5.52 Å². The van der Waals surface area contributed by atoms with Crippen LogP contribution in [-0.2, 0) is 6.18 Å². The maximum atomic E-state index is 12.6. The van der Waals surface area contributed by atoms with Crippen molar-refractivity contribution in [3.05, 3.63) is 35.9 Å². The standard InChI is InChI=1S/C9H6F3N3S/c10-9(11,12)8-14-6(7(13)16)5-3-1-2-4-15(5)8/h1-4H,(H2,13,16). The van der Waals surface area contributed by atoms with Crippen LogP contribution in [-0.4, -0.2) is 14.4 Å². The van der Waals surface area contributed by atoms with Crippen molar-refractivity contribution in [2.75, 3.05) is 0 Å². The minimum Gasteiger partial charge on any atom is -0.388 e. The summed E-state index contributed by atoms with van der Waals surface area (Å²) in [6, 6.07) is 4.56. The number of pyridine rings is 1. The molecule has 0 atom stereocenters. The number of rotatable bonds is 1. The normalized spacial score (nSPS) is 11.9. The lowest BCUT2D eigenvalue weighted by Crippen LogP contribution is -2.12. The maximum absolute atomic E-state index is 12.6. The van der Waals surface area contributed by atoms with Crippen LogP contribution in [0.3, 0.4) is 0 Å². The Kier molecular flexibility index (Phi) is 2.34. The number of fused-ring (bicyclic) bond motifs is 1. The Hall–Kier alpha value is -1.63. The summed E-state index contributed by atoms with van der Waals surface area (Å²) in [4.78, 5) is 3.28. The molecule has 0 spiro atoms. The SMILES string of the molecule is NC(=S)c1nc(C(F)(F)F)n2ccccc12. The molecule has 84 valence electrons. The van der Waals surface area contributed by atoms with Crippen LogP contribution < -0.4 is 5.73 Å². The highest BCUT2D eigenvalue weighted by atomic mass is 32.1. The van der Waals surface area contributed by atoms with Crippen LogP contribution >= 0.6 is 12.2 Å². The van der Waals surface area contributed by atoms with E-state index in [0.717, 1.165) is 4.40 Å². The second kappa shape index (κ2) is 3.44. The van der Waals surface area contributed by atoms with Gasteiger partial charge < -0.3 is 5.73 Å². The fraction of sp³-hybridized carbons (Fsp3) is 0.111. The molecule has 0 radical (unpaired) electrons. The Morgan fingerprint density at radius 1 is 1.38 bits per heavy atom. The molecule has 0 fully saturated rings. The summed E-state index contributed by atoms with van der Waals surface area (Å²) in [6.07, 6.45) is -3.26. The van der Waals surface area contributed by atoms with Crippen molar-refractivity contribution >= 4 is 22.7 Å². The van der Waals surface area contributed by atoms with E-state index >= 15 is 0 Å². The second-order valence-corrected chi connectivity index (χ2v) is 3.54. The minimum absolute atomic E-state index is 0.0112. The summed E-state index contributed by atoms with van der Waals surface area (Å²) < 4.78 is 38.8. The van der Waals surface area contributed by atoms with Crippen LogP contribution in [0.15, 0.2) is 24.4 Å². The van der Waals surface area contributed by atoms with Gasteiger partial charge >= 0.3 is 6.18 Å². The van der Waals surface area contributed by atoms with Crippen LogP contribution in [0.25, 0.3) is 5.52 Å². The predicted octanol–water partition coefficient (Wildman–Crippen LogP) is 1.99. The molecular weight excluding hydrogens is 239 g/mol. The second-order valence-electron chi connectivity index (χ2n) is 3.10. The first-order chi connectivity index (χ1) is 7.41. The molecule has 0 aromatic carbocycles. The van der Waals surface area contributed by atoms with Gasteiger partial charge in [0, 0.05) is 6.20 Å². The summed E-state index contributed by atoms with van der Waals surface area (Å²) in [5.41, 5.74) is 5.57. The first-order valence-corrected chi connectivity index (χ1v) is 4.66. The number of imidazole rings is 1. The zero-order valence-electron chi connectivity index (χ0n) is 7.82. The Morgan fingerprint density at radius 3 is 2.62 bits per heavy atom. The van der Waals surface area contributed by atoms with Gasteiger partial charge in [0.25, 0.3) is 0 Å². The number of alkyl halides is 3. The van der Waals surface area contributed by atoms with Crippen molar-refractivity contribution in [1.82, 2.24) is 9.38 Å². The molecule has 2 heterocycles. The third kappa shape index (κ3) is 1.63. The predicted molar refractivity (Wildman–Crippen MR) is 56.1 cm³/mol. The Bertz CT molecular complexity index is 559. The lowest BCUT2D eigenvalue weighted by atomic mass is 10.3. The van der Waals surface area contributed by atoms with E-state index in [2.05, 4.69) is 17.2 Å². The lowest BCUT2D eigenvalue weighted by Gasteiger charge is -2.03. The third-order valence-corrected chi connectivity index (χ3v) is 2.23. The first-order valence-electron chi connectivity index (χ1n) is 4.25. The fourth-order valence-corrected chi connectivity index (χ4v) is 1.57. The molecule has 3 nitrogen and oxygen atoms in total. The number of halogens is 3. The molecule has 0 amide bonds. The van der Waals surface area contributed by atoms with Crippen molar-refractivity contribution in [2.45, 2.75) is 6.18 Å². The molecule has 7 heteroatoms. The average molecular weight is 245 g/mol. The number of hydrogen-bond acceptors (Lipinski definition) is 2. The number of hydrogen-bond donors (Lipinski definition) is 1. The van der Waals surface area contributed by atoms with E-state index < -0.39 is 12.0 Å². The van der Waals surface area contributed by atoms with E-state index in [1.54, 1.807) is 6.07 Å². The van der Waals surface area contributed by atoms with Crippen molar-refractivity contribution in [1.29, 1.82) is 0 Å². The molecule has 16 heavy (non-hydrogen) atoms. The summed E-state index contributed by atoms with van der Waals surface area (Å²) in [6.45, 7) is 0. The smallest absolute Gasteiger partial charge is 0.388 e. The van der Waals surface area contributed by atoms with E-state index in [1.807, 2.05) is 0 Å². The van der Waals surface area contributed by atoms with Gasteiger partial charge in [-0.15, -0.1) is 0 Å². The van der Waals surface area contributed by atoms with Crippen molar-refractivity contribution in [3.8, 4) is 0 Å². The van der Waals surface area contributed by atoms with Crippen LogP contribution in [0.2, 0.25) is 0 Å². The number of nitrogens with zero attached hydrogens (tertiary/aromatic N) is 2. The molecule has 2 N–H and O–H groups in total. The van der Waals surface area contributed by atoms with Gasteiger partial charge in [-0.25, -0.2) is 4.98 Å². The fourth-order valence-electron chi connectivity index (χ4n) is 1.42. The zero-order valence-corrected chi connectivity index (χ0v) is 8.64. The van der Waals surface area contributed by atoms with Crippen LogP contribution in [0, 0.1) is 0 Å². The molecule has 0 aliphatic carbocycles. The van der Waals surface area contributed by atoms with Crippen molar-refractivity contribution in [2.24, 2.45) is 5.73 Å². The lowest BCUT2D eigenvalue weighted by molar-refractivity contribution is -0.145. The van der Waals surface area contributed by atoms with Crippen molar-refractivity contribution in [3.63, 3.8) is 0 Å². The molecule has 2 aromatic rings. The van der Waals surface area contributed by atoms with Gasteiger partial charge in [0.2, 0.25) is 5.82 Å². The number of nitrogens with two attached hydrogens (primary N) is 1. The van der Waals surface area contributed by atoms with E-state index in [-0.39, 0.29) is 16.2 Å². The number of aromatic nitrogens is 2. The minimum atomic E-state index is -4.53. The summed E-state index contributed by atoms with van der Waals surface area (Å²) in [5.74, 6) is -1.02. The van der Waals surface area contributed by atoms with Gasteiger partial charge in [-0.05, 0) is 12.1 Å². The Morgan fingerprint density at radius 2 is 2.06 bits per heavy atom. The molecule has 0 unspecified atom stereocenters. The van der Waals surface area contributed by atoms with Crippen LogP contribution in [0.4, 0.5) is 13.2 Å². The molecule has 0 aliphatic rings. The highest BCUT2D eigenvalue weighted by Gasteiger charge is 2.37. The van der Waals surface area contributed by atoms with Crippen LogP contribution in [0.1, 0.15) is 11.5 Å².